The zero-order chi connectivity index (χ0) is 12.6. The Balaban J connectivity index is 2.56. The van der Waals surface area contributed by atoms with Gasteiger partial charge in [0.2, 0.25) is 0 Å². The summed E-state index contributed by atoms with van der Waals surface area (Å²) >= 11 is 7.25. The molecule has 0 atom stereocenters. The number of halogens is 2. The maximum Gasteiger partial charge on any atom is 0.132 e. The highest BCUT2D eigenvalue weighted by Gasteiger charge is 2.16. The fourth-order valence-corrected chi connectivity index (χ4v) is 2.49. The topological polar surface area (TPSA) is 38.9 Å². The standard InChI is InChI=1S/C12H12ClFN2S/c1-6(2)12-16-10(11(15)17-12)8-5-7(13)3-4-9(8)14/h3-6H,15H2,1-2H3. The van der Waals surface area contributed by atoms with Crippen molar-refractivity contribution in [2.75, 3.05) is 5.73 Å². The molecule has 0 aliphatic carbocycles. The van der Waals surface area contributed by atoms with Crippen LogP contribution < -0.4 is 5.73 Å². The SMILES string of the molecule is CC(C)c1nc(-c2cc(Cl)ccc2F)c(N)s1. The Morgan fingerprint density at radius 2 is 2.12 bits per heavy atom. The lowest BCUT2D eigenvalue weighted by molar-refractivity contribution is 0.631. The predicted molar refractivity (Wildman–Crippen MR) is 71.0 cm³/mol. The Kier molecular flexibility index (Phi) is 3.35. The lowest BCUT2D eigenvalue weighted by Crippen LogP contribution is -1.90. The molecule has 5 heteroatoms. The lowest BCUT2D eigenvalue weighted by Gasteiger charge is -2.01. The van der Waals surface area contributed by atoms with E-state index in [2.05, 4.69) is 4.98 Å². The molecule has 90 valence electrons. The van der Waals surface area contributed by atoms with Crippen molar-refractivity contribution in [3.05, 3.63) is 34.0 Å². The number of benzene rings is 1. The van der Waals surface area contributed by atoms with E-state index in [9.17, 15) is 4.39 Å². The Morgan fingerprint density at radius 3 is 2.71 bits per heavy atom. The number of hydrogen-bond donors (Lipinski definition) is 1. The number of nitrogen functional groups attached to an aromatic ring is 1. The Labute approximate surface area is 108 Å². The lowest BCUT2D eigenvalue weighted by atomic mass is 10.1. The monoisotopic (exact) mass is 270 g/mol. The van der Waals surface area contributed by atoms with Gasteiger partial charge in [-0.3, -0.25) is 0 Å². The summed E-state index contributed by atoms with van der Waals surface area (Å²) in [7, 11) is 0. The van der Waals surface area contributed by atoms with E-state index < -0.39 is 0 Å². The quantitative estimate of drug-likeness (QED) is 0.883. The van der Waals surface area contributed by atoms with E-state index in [0.29, 0.717) is 21.3 Å². The second-order valence-corrected chi connectivity index (χ2v) is 5.54. The average molecular weight is 271 g/mol. The highest BCUT2D eigenvalue weighted by molar-refractivity contribution is 7.16. The van der Waals surface area contributed by atoms with Gasteiger partial charge in [0.1, 0.15) is 16.5 Å². The van der Waals surface area contributed by atoms with E-state index in [4.69, 9.17) is 17.3 Å². The highest BCUT2D eigenvalue weighted by atomic mass is 35.5. The van der Waals surface area contributed by atoms with Crippen LogP contribution in [0, 0.1) is 5.82 Å². The molecule has 0 aliphatic heterocycles. The van der Waals surface area contributed by atoms with E-state index in [1.807, 2.05) is 13.8 Å². The van der Waals surface area contributed by atoms with E-state index in [-0.39, 0.29) is 11.7 Å². The summed E-state index contributed by atoms with van der Waals surface area (Å²) in [4.78, 5) is 4.38. The first-order chi connectivity index (χ1) is 7.99. The molecule has 0 fully saturated rings. The smallest absolute Gasteiger partial charge is 0.132 e. The van der Waals surface area contributed by atoms with E-state index in [1.165, 1.54) is 23.5 Å². The van der Waals surface area contributed by atoms with Gasteiger partial charge >= 0.3 is 0 Å². The first kappa shape index (κ1) is 12.3. The minimum absolute atomic E-state index is 0.276. The van der Waals surface area contributed by atoms with Gasteiger partial charge in [0, 0.05) is 16.5 Å². The molecular weight excluding hydrogens is 259 g/mol. The second kappa shape index (κ2) is 4.63. The fraction of sp³-hybridized carbons (Fsp3) is 0.250. The van der Waals surface area contributed by atoms with Gasteiger partial charge in [0.25, 0.3) is 0 Å². The summed E-state index contributed by atoms with van der Waals surface area (Å²) in [5.74, 6) is -0.0833. The van der Waals surface area contributed by atoms with Gasteiger partial charge in [-0.25, -0.2) is 9.37 Å². The van der Waals surface area contributed by atoms with Crippen LogP contribution in [0.3, 0.4) is 0 Å². The molecule has 17 heavy (non-hydrogen) atoms. The molecule has 1 aromatic carbocycles. The number of rotatable bonds is 2. The molecule has 1 aromatic heterocycles. The van der Waals surface area contributed by atoms with Crippen LogP contribution in [-0.4, -0.2) is 4.98 Å². The molecule has 1 heterocycles. The normalized spacial score (nSPS) is 11.1. The van der Waals surface area contributed by atoms with Crippen molar-refractivity contribution in [3.8, 4) is 11.3 Å². The number of nitrogens with zero attached hydrogens (tertiary/aromatic N) is 1. The Morgan fingerprint density at radius 1 is 1.41 bits per heavy atom. The third-order valence-electron chi connectivity index (χ3n) is 2.35. The number of aromatic nitrogens is 1. The van der Waals surface area contributed by atoms with Crippen molar-refractivity contribution in [3.63, 3.8) is 0 Å². The van der Waals surface area contributed by atoms with Crippen molar-refractivity contribution in [1.82, 2.24) is 4.98 Å². The number of thiazole rings is 1. The first-order valence-corrected chi connectivity index (χ1v) is 6.40. The minimum atomic E-state index is -0.360. The molecule has 2 aromatic rings. The molecular formula is C12H12ClFN2S. The van der Waals surface area contributed by atoms with Gasteiger partial charge in [-0.15, -0.1) is 11.3 Å². The molecule has 0 bridgehead atoms. The largest absolute Gasteiger partial charge is 0.389 e. The summed E-state index contributed by atoms with van der Waals surface area (Å²) in [6.45, 7) is 4.05. The zero-order valence-electron chi connectivity index (χ0n) is 9.50. The molecule has 2 rings (SSSR count). The third kappa shape index (κ3) is 2.42. The van der Waals surface area contributed by atoms with Gasteiger partial charge < -0.3 is 5.73 Å². The zero-order valence-corrected chi connectivity index (χ0v) is 11.1. The fourth-order valence-electron chi connectivity index (χ4n) is 1.47. The molecule has 2 nitrogen and oxygen atoms in total. The van der Waals surface area contributed by atoms with Crippen molar-refractivity contribution in [1.29, 1.82) is 0 Å². The molecule has 0 spiro atoms. The van der Waals surface area contributed by atoms with Crippen LogP contribution in [0.1, 0.15) is 24.8 Å². The summed E-state index contributed by atoms with van der Waals surface area (Å²) in [5.41, 5.74) is 6.72. The van der Waals surface area contributed by atoms with Crippen LogP contribution in [-0.2, 0) is 0 Å². The predicted octanol–water partition coefficient (Wildman–Crippen LogP) is 4.31. The molecule has 0 amide bonds. The molecule has 0 aliphatic rings. The van der Waals surface area contributed by atoms with Crippen LogP contribution in [0.4, 0.5) is 9.39 Å². The van der Waals surface area contributed by atoms with Gasteiger partial charge in [-0.2, -0.15) is 0 Å². The minimum Gasteiger partial charge on any atom is -0.389 e. The van der Waals surface area contributed by atoms with Gasteiger partial charge in [0.05, 0.1) is 5.01 Å². The Bertz CT molecular complexity index is 551. The van der Waals surface area contributed by atoms with E-state index >= 15 is 0 Å². The molecule has 2 N–H and O–H groups in total. The number of anilines is 1. The third-order valence-corrected chi connectivity index (χ3v) is 3.77. The van der Waals surface area contributed by atoms with Crippen molar-refractivity contribution >= 4 is 27.9 Å². The van der Waals surface area contributed by atoms with Crippen LogP contribution in [0.15, 0.2) is 18.2 Å². The molecule has 0 radical (unpaired) electrons. The summed E-state index contributed by atoms with van der Waals surface area (Å²) in [6, 6.07) is 4.38. The van der Waals surface area contributed by atoms with Gasteiger partial charge in [-0.1, -0.05) is 25.4 Å². The maximum atomic E-state index is 13.7. The molecule has 0 saturated heterocycles. The van der Waals surface area contributed by atoms with Crippen LogP contribution in [0.25, 0.3) is 11.3 Å². The average Bonchev–Trinajstić information content (AvgIpc) is 2.64. The molecule has 0 unspecified atom stereocenters. The first-order valence-electron chi connectivity index (χ1n) is 5.20. The maximum absolute atomic E-state index is 13.7. The summed E-state index contributed by atoms with van der Waals surface area (Å²) in [6.07, 6.45) is 0. The second-order valence-electron chi connectivity index (χ2n) is 4.04. The highest BCUT2D eigenvalue weighted by Crippen LogP contribution is 2.35. The van der Waals surface area contributed by atoms with Crippen LogP contribution in [0.2, 0.25) is 5.02 Å². The molecule has 0 saturated carbocycles. The van der Waals surface area contributed by atoms with E-state index in [1.54, 1.807) is 6.07 Å². The van der Waals surface area contributed by atoms with Crippen molar-refractivity contribution < 1.29 is 4.39 Å². The number of nitrogens with two attached hydrogens (primary N) is 1. The Hall–Kier alpha value is -1.13. The van der Waals surface area contributed by atoms with Crippen molar-refractivity contribution in [2.24, 2.45) is 0 Å². The number of hydrogen-bond acceptors (Lipinski definition) is 3. The van der Waals surface area contributed by atoms with Gasteiger partial charge in [-0.05, 0) is 18.2 Å². The van der Waals surface area contributed by atoms with Crippen molar-refractivity contribution in [2.45, 2.75) is 19.8 Å². The van der Waals surface area contributed by atoms with Crippen LogP contribution in [0.5, 0.6) is 0 Å². The van der Waals surface area contributed by atoms with E-state index in [0.717, 1.165) is 5.01 Å². The summed E-state index contributed by atoms with van der Waals surface area (Å²) in [5, 5.41) is 1.90. The van der Waals surface area contributed by atoms with Crippen LogP contribution >= 0.6 is 22.9 Å². The van der Waals surface area contributed by atoms with Gasteiger partial charge in [0.15, 0.2) is 0 Å². The summed E-state index contributed by atoms with van der Waals surface area (Å²) < 4.78 is 13.7.